The molecule has 0 aliphatic carbocycles. The molecule has 4 aromatic rings. The van der Waals surface area contributed by atoms with Gasteiger partial charge < -0.3 is 20.6 Å². The van der Waals surface area contributed by atoms with Gasteiger partial charge in [-0.25, -0.2) is 14.3 Å². The Morgan fingerprint density at radius 3 is 2.40 bits per heavy atom. The fourth-order valence-corrected chi connectivity index (χ4v) is 5.27. The summed E-state index contributed by atoms with van der Waals surface area (Å²) in [6.45, 7) is -0.0592. The van der Waals surface area contributed by atoms with E-state index in [4.69, 9.17) is 23.2 Å². The third kappa shape index (κ3) is 5.18. The molecule has 1 spiro atoms. The van der Waals surface area contributed by atoms with Crippen LogP contribution in [-0.4, -0.2) is 77.7 Å². The monoisotopic (exact) mass is 623 g/mol. The van der Waals surface area contributed by atoms with Crippen molar-refractivity contribution in [1.82, 2.24) is 39.7 Å². The first-order valence-electron chi connectivity index (χ1n) is 12.6. The van der Waals surface area contributed by atoms with Gasteiger partial charge in [0.25, 0.3) is 0 Å². The van der Waals surface area contributed by atoms with Gasteiger partial charge in [-0.3, -0.25) is 4.57 Å². The Labute approximate surface area is 245 Å². The third-order valence-electron chi connectivity index (χ3n) is 7.00. The number of halogens is 5. The number of alkyl halides is 3. The van der Waals surface area contributed by atoms with Crippen LogP contribution in [0.25, 0.3) is 17.1 Å². The highest BCUT2D eigenvalue weighted by atomic mass is 35.5. The molecular weight excluding hydrogens is 602 g/mol. The minimum absolute atomic E-state index is 0.0973. The number of anilines is 1. The number of aromatic nitrogens is 6. The predicted molar refractivity (Wildman–Crippen MR) is 146 cm³/mol. The van der Waals surface area contributed by atoms with E-state index in [2.05, 4.69) is 25.8 Å². The highest BCUT2D eigenvalue weighted by molar-refractivity contribution is 6.32. The molecule has 2 aliphatic heterocycles. The Morgan fingerprint density at radius 2 is 1.76 bits per heavy atom. The number of nitrogens with zero attached hydrogens (tertiary/aromatic N) is 7. The van der Waals surface area contributed by atoms with Crippen LogP contribution >= 0.6 is 23.2 Å². The number of benzene rings is 2. The van der Waals surface area contributed by atoms with Crippen LogP contribution in [0.15, 0.2) is 53.3 Å². The molecule has 0 unspecified atom stereocenters. The zero-order valence-corrected chi connectivity index (χ0v) is 23.0. The van der Waals surface area contributed by atoms with Gasteiger partial charge >= 0.3 is 17.9 Å². The second-order valence-electron chi connectivity index (χ2n) is 10.1. The minimum atomic E-state index is -4.95. The summed E-state index contributed by atoms with van der Waals surface area (Å²) >= 11 is 12.4. The molecule has 6 rings (SSSR count). The van der Waals surface area contributed by atoms with Crippen molar-refractivity contribution in [3.63, 3.8) is 0 Å². The van der Waals surface area contributed by atoms with Gasteiger partial charge in [0.15, 0.2) is 17.8 Å². The normalized spacial score (nSPS) is 16.8. The Hall–Kier alpha value is -4.08. The standard InChI is InChI=1S/C25H22Cl2F3N9O3/c26-15-7-5-14(6-8-15)20-35-38(23(42)37(20)9-18(40)25(28,29)30)10-19-32-22(36-12-24(13-36)11-31-21(41)33-24)39(34-19)17-4-2-1-3-16(17)27/h1-8,18,40H,9-13H2,(H2,31,33,41)/t18-/m0/s1. The third-order valence-corrected chi connectivity index (χ3v) is 7.57. The molecule has 2 fully saturated rings. The molecule has 12 nitrogen and oxygen atoms in total. The average Bonchev–Trinajstić information content (AvgIpc) is 3.60. The maximum atomic E-state index is 13.3. The van der Waals surface area contributed by atoms with Gasteiger partial charge in [-0.2, -0.15) is 22.8 Å². The van der Waals surface area contributed by atoms with E-state index in [0.29, 0.717) is 46.9 Å². The summed E-state index contributed by atoms with van der Waals surface area (Å²) in [6.07, 6.45) is -7.75. The number of hydrogen-bond acceptors (Lipinski definition) is 7. The quantitative estimate of drug-likeness (QED) is 0.288. The Balaban J connectivity index is 1.37. The molecule has 2 aliphatic rings. The van der Waals surface area contributed by atoms with E-state index in [-0.39, 0.29) is 24.2 Å². The van der Waals surface area contributed by atoms with Gasteiger partial charge in [-0.15, -0.1) is 10.2 Å². The van der Waals surface area contributed by atoms with Crippen LogP contribution in [0.1, 0.15) is 5.82 Å². The van der Waals surface area contributed by atoms with Gasteiger partial charge in [0.1, 0.15) is 6.54 Å². The molecule has 4 heterocycles. The first-order chi connectivity index (χ1) is 19.9. The van der Waals surface area contributed by atoms with Crippen LogP contribution in [0.5, 0.6) is 0 Å². The lowest BCUT2D eigenvalue weighted by atomic mass is 9.91. The largest absolute Gasteiger partial charge is 0.416 e. The van der Waals surface area contributed by atoms with Gasteiger partial charge in [0.05, 0.1) is 22.8 Å². The number of hydrogen-bond donors (Lipinski definition) is 3. The number of amides is 2. The summed E-state index contributed by atoms with van der Waals surface area (Å²) in [5.74, 6) is 0.424. The molecule has 0 radical (unpaired) electrons. The van der Waals surface area contributed by atoms with Crippen LogP contribution < -0.4 is 21.2 Å². The second kappa shape index (κ2) is 10.3. The van der Waals surface area contributed by atoms with Gasteiger partial charge in [0, 0.05) is 30.2 Å². The Morgan fingerprint density at radius 1 is 1.05 bits per heavy atom. The maximum absolute atomic E-state index is 13.3. The lowest BCUT2D eigenvalue weighted by Crippen LogP contribution is -2.69. The van der Waals surface area contributed by atoms with Crippen LogP contribution in [0.3, 0.4) is 0 Å². The molecule has 42 heavy (non-hydrogen) atoms. The molecule has 0 bridgehead atoms. The summed E-state index contributed by atoms with van der Waals surface area (Å²) in [7, 11) is 0. The van der Waals surface area contributed by atoms with Crippen molar-refractivity contribution in [2.24, 2.45) is 0 Å². The number of nitrogens with one attached hydrogen (secondary N) is 2. The Bertz CT molecular complexity index is 1710. The summed E-state index contributed by atoms with van der Waals surface area (Å²) in [4.78, 5) is 31.5. The Kier molecular flexibility index (Phi) is 6.90. The average molecular weight is 624 g/mol. The SMILES string of the molecule is O=C1NCC2(CN(c3nc(Cn4nc(-c5ccc(Cl)cc5)n(C[C@H](O)C(F)(F)F)c4=O)nn3-c3ccccc3Cl)C2)N1. The summed E-state index contributed by atoms with van der Waals surface area (Å²) in [5.41, 5.74) is -0.535. The van der Waals surface area contributed by atoms with Crippen molar-refractivity contribution in [2.45, 2.75) is 30.9 Å². The summed E-state index contributed by atoms with van der Waals surface area (Å²) < 4.78 is 42.8. The number of para-hydroxylation sites is 1. The van der Waals surface area contributed by atoms with Gasteiger partial charge in [-0.1, -0.05) is 35.3 Å². The van der Waals surface area contributed by atoms with E-state index < -0.39 is 30.1 Å². The predicted octanol–water partition coefficient (Wildman–Crippen LogP) is 2.44. The highest BCUT2D eigenvalue weighted by Gasteiger charge is 2.49. The van der Waals surface area contributed by atoms with E-state index in [1.165, 1.54) is 28.9 Å². The van der Waals surface area contributed by atoms with Gasteiger partial charge in [0.2, 0.25) is 5.95 Å². The molecule has 0 saturated carbocycles. The molecule has 17 heteroatoms. The number of carbonyl (C=O) groups is 1. The number of carbonyl (C=O) groups excluding carboxylic acids is 1. The molecule has 2 saturated heterocycles. The van der Waals surface area contributed by atoms with E-state index in [0.717, 1.165) is 9.25 Å². The van der Waals surface area contributed by atoms with Crippen molar-refractivity contribution >= 4 is 35.2 Å². The number of aliphatic hydroxyl groups excluding tert-OH is 1. The lowest BCUT2D eigenvalue weighted by molar-refractivity contribution is -0.207. The first-order valence-corrected chi connectivity index (χ1v) is 13.4. The second-order valence-corrected chi connectivity index (χ2v) is 10.9. The van der Waals surface area contributed by atoms with Crippen LogP contribution in [0.4, 0.5) is 23.9 Å². The fraction of sp³-hybridized carbons (Fsp3) is 0.320. The lowest BCUT2D eigenvalue weighted by Gasteiger charge is -2.47. The van der Waals surface area contributed by atoms with E-state index in [1.807, 2.05) is 4.90 Å². The molecule has 220 valence electrons. The molecule has 3 N–H and O–H groups in total. The number of rotatable bonds is 7. The van der Waals surface area contributed by atoms with Crippen LogP contribution in [0, 0.1) is 0 Å². The molecule has 1 atom stereocenters. The summed E-state index contributed by atoms with van der Waals surface area (Å²) in [5, 5.41) is 25.0. The summed E-state index contributed by atoms with van der Waals surface area (Å²) in [6, 6.07) is 12.7. The van der Waals surface area contributed by atoms with E-state index >= 15 is 0 Å². The van der Waals surface area contributed by atoms with Gasteiger partial charge in [-0.05, 0) is 36.4 Å². The number of aliphatic hydroxyl groups is 1. The molecule has 2 aromatic carbocycles. The zero-order valence-electron chi connectivity index (χ0n) is 21.5. The number of urea groups is 1. The van der Waals surface area contributed by atoms with Crippen molar-refractivity contribution < 1.29 is 23.1 Å². The van der Waals surface area contributed by atoms with E-state index in [1.54, 1.807) is 24.3 Å². The van der Waals surface area contributed by atoms with E-state index in [9.17, 15) is 27.9 Å². The van der Waals surface area contributed by atoms with Crippen molar-refractivity contribution in [1.29, 1.82) is 0 Å². The molecular formula is C25H22Cl2F3N9O3. The zero-order chi connectivity index (χ0) is 29.8. The fourth-order valence-electron chi connectivity index (χ4n) is 4.93. The van der Waals surface area contributed by atoms with Crippen molar-refractivity contribution in [3.8, 4) is 17.1 Å². The van der Waals surface area contributed by atoms with Crippen LogP contribution in [0.2, 0.25) is 10.0 Å². The van der Waals surface area contributed by atoms with Crippen molar-refractivity contribution in [3.05, 3.63) is 74.9 Å². The maximum Gasteiger partial charge on any atom is 0.416 e. The molecule has 2 aromatic heterocycles. The molecule has 2 amide bonds. The minimum Gasteiger partial charge on any atom is -0.382 e. The van der Waals surface area contributed by atoms with Crippen LogP contribution in [-0.2, 0) is 13.1 Å². The smallest absolute Gasteiger partial charge is 0.382 e. The highest BCUT2D eigenvalue weighted by Crippen LogP contribution is 2.32. The first kappa shape index (κ1) is 28.1. The topological polar surface area (TPSA) is 135 Å². The van der Waals surface area contributed by atoms with Crippen molar-refractivity contribution in [2.75, 3.05) is 24.5 Å².